The van der Waals surface area contributed by atoms with E-state index in [9.17, 15) is 14.4 Å². The number of fused-ring (bicyclic) bond motifs is 5. The fraction of sp³-hybridized carbons (Fsp3) is 0.643. The lowest BCUT2D eigenvalue weighted by molar-refractivity contribution is -0.144. The molecule has 0 aromatic heterocycles. The average molecular weight is 247 g/mol. The second-order valence-corrected chi connectivity index (χ2v) is 5.57. The van der Waals surface area contributed by atoms with Gasteiger partial charge in [0.2, 0.25) is 11.8 Å². The molecule has 4 nitrogen and oxygen atoms in total. The van der Waals surface area contributed by atoms with Gasteiger partial charge < -0.3 is 0 Å². The quantitative estimate of drug-likeness (QED) is 0.555. The predicted octanol–water partition coefficient (Wildman–Crippen LogP) is 1.16. The number of hydrogen-bond acceptors (Lipinski definition) is 3. The van der Waals surface area contributed by atoms with Crippen LogP contribution in [0.15, 0.2) is 12.2 Å². The van der Waals surface area contributed by atoms with Gasteiger partial charge >= 0.3 is 0 Å². The maximum atomic E-state index is 12.4. The van der Waals surface area contributed by atoms with Gasteiger partial charge in [0.05, 0.1) is 11.8 Å². The van der Waals surface area contributed by atoms with Gasteiger partial charge in [0.1, 0.15) is 5.78 Å². The van der Waals surface area contributed by atoms with E-state index in [-0.39, 0.29) is 35.5 Å². The maximum absolute atomic E-state index is 12.4. The van der Waals surface area contributed by atoms with Gasteiger partial charge in [-0.15, -0.1) is 0 Å². The molecule has 2 fully saturated rings. The molecule has 1 saturated heterocycles. The van der Waals surface area contributed by atoms with E-state index in [1.165, 1.54) is 4.90 Å². The molecule has 0 spiro atoms. The molecular weight excluding hydrogens is 230 g/mol. The molecule has 5 unspecified atom stereocenters. The predicted molar refractivity (Wildman–Crippen MR) is 64.3 cm³/mol. The number of imide groups is 1. The largest absolute Gasteiger partial charge is 0.298 e. The van der Waals surface area contributed by atoms with Gasteiger partial charge in [0.15, 0.2) is 0 Å². The molecule has 0 aromatic rings. The fourth-order valence-corrected chi connectivity index (χ4v) is 3.72. The van der Waals surface area contributed by atoms with E-state index in [0.29, 0.717) is 0 Å². The summed E-state index contributed by atoms with van der Waals surface area (Å²) in [5.41, 5.74) is 0. The summed E-state index contributed by atoms with van der Waals surface area (Å²) in [6, 6.07) is -0.0462. The van der Waals surface area contributed by atoms with Crippen LogP contribution in [-0.2, 0) is 14.4 Å². The third-order valence-electron chi connectivity index (χ3n) is 4.54. The van der Waals surface area contributed by atoms with Gasteiger partial charge in [0, 0.05) is 17.9 Å². The Balaban J connectivity index is 1.92. The van der Waals surface area contributed by atoms with Gasteiger partial charge in [-0.05, 0) is 13.3 Å². The van der Waals surface area contributed by atoms with Gasteiger partial charge in [-0.2, -0.15) is 0 Å². The SMILES string of the molecule is CCCC(C)N1C(=O)C2C3C=CC(C3=O)C2C1=O. The topological polar surface area (TPSA) is 54.5 Å². The van der Waals surface area contributed by atoms with Crippen molar-refractivity contribution in [2.45, 2.75) is 32.7 Å². The van der Waals surface area contributed by atoms with Crippen LogP contribution >= 0.6 is 0 Å². The van der Waals surface area contributed by atoms with E-state index in [0.717, 1.165) is 12.8 Å². The number of hydrogen-bond donors (Lipinski definition) is 0. The molecule has 18 heavy (non-hydrogen) atoms. The van der Waals surface area contributed by atoms with Crippen LogP contribution in [0.5, 0.6) is 0 Å². The molecule has 1 saturated carbocycles. The van der Waals surface area contributed by atoms with E-state index in [1.807, 2.05) is 26.0 Å². The first-order valence-electron chi connectivity index (χ1n) is 6.67. The zero-order chi connectivity index (χ0) is 13.0. The Morgan fingerprint density at radius 2 is 1.61 bits per heavy atom. The van der Waals surface area contributed by atoms with Gasteiger partial charge in [-0.25, -0.2) is 0 Å². The van der Waals surface area contributed by atoms with Crippen LogP contribution in [0.3, 0.4) is 0 Å². The van der Waals surface area contributed by atoms with Crippen LogP contribution in [0.25, 0.3) is 0 Å². The van der Waals surface area contributed by atoms with Crippen molar-refractivity contribution in [3.8, 4) is 0 Å². The molecule has 96 valence electrons. The summed E-state index contributed by atoms with van der Waals surface area (Å²) in [5.74, 6) is -1.68. The molecule has 1 heterocycles. The second kappa shape index (κ2) is 3.77. The molecule has 2 aliphatic carbocycles. The summed E-state index contributed by atoms with van der Waals surface area (Å²) in [7, 11) is 0. The first-order chi connectivity index (χ1) is 8.57. The highest BCUT2D eigenvalue weighted by atomic mass is 16.2. The van der Waals surface area contributed by atoms with Crippen molar-refractivity contribution in [1.82, 2.24) is 4.90 Å². The summed E-state index contributed by atoms with van der Waals surface area (Å²) in [6.45, 7) is 3.95. The smallest absolute Gasteiger partial charge is 0.234 e. The first kappa shape index (κ1) is 11.6. The summed E-state index contributed by atoms with van der Waals surface area (Å²) in [6.07, 6.45) is 5.39. The lowest BCUT2D eigenvalue weighted by Gasteiger charge is -2.23. The number of rotatable bonds is 3. The highest BCUT2D eigenvalue weighted by Crippen LogP contribution is 2.50. The molecule has 0 radical (unpaired) electrons. The van der Waals surface area contributed by atoms with E-state index in [2.05, 4.69) is 0 Å². The Kier molecular flexibility index (Phi) is 2.44. The Hall–Kier alpha value is -1.45. The molecule has 3 rings (SSSR count). The highest BCUT2D eigenvalue weighted by Gasteiger charge is 2.63. The zero-order valence-electron chi connectivity index (χ0n) is 10.6. The minimum atomic E-state index is -0.403. The normalized spacial score (nSPS) is 38.8. The van der Waals surface area contributed by atoms with Gasteiger partial charge in [0.25, 0.3) is 0 Å². The number of likely N-dealkylation sites (tertiary alicyclic amines) is 1. The zero-order valence-corrected chi connectivity index (χ0v) is 10.6. The number of ketones is 1. The van der Waals surface area contributed by atoms with E-state index >= 15 is 0 Å². The summed E-state index contributed by atoms with van der Waals surface area (Å²) < 4.78 is 0. The van der Waals surface area contributed by atoms with Crippen molar-refractivity contribution < 1.29 is 14.4 Å². The number of carbonyl (C=O) groups excluding carboxylic acids is 3. The van der Waals surface area contributed by atoms with Crippen molar-refractivity contribution in [2.24, 2.45) is 23.7 Å². The molecule has 2 bridgehead atoms. The lowest BCUT2D eigenvalue weighted by Crippen LogP contribution is -2.40. The molecule has 2 amide bonds. The molecule has 0 N–H and O–H groups in total. The van der Waals surface area contributed by atoms with Crippen LogP contribution in [0.1, 0.15) is 26.7 Å². The summed E-state index contributed by atoms with van der Waals surface area (Å²) in [5, 5.41) is 0. The van der Waals surface area contributed by atoms with Crippen molar-refractivity contribution in [3.63, 3.8) is 0 Å². The van der Waals surface area contributed by atoms with Crippen LogP contribution in [0.2, 0.25) is 0 Å². The van der Waals surface area contributed by atoms with Crippen molar-refractivity contribution >= 4 is 17.6 Å². The standard InChI is InChI=1S/C14H17NO3/c1-3-4-7(2)15-13(17)10-8-5-6-9(12(8)16)11(10)14(15)18/h5-11H,3-4H2,1-2H3. The summed E-state index contributed by atoms with van der Waals surface area (Å²) in [4.78, 5) is 38.0. The lowest BCUT2D eigenvalue weighted by atomic mass is 9.85. The van der Waals surface area contributed by atoms with E-state index in [4.69, 9.17) is 0 Å². The number of allylic oxidation sites excluding steroid dienone is 2. The minimum Gasteiger partial charge on any atom is -0.298 e. The van der Waals surface area contributed by atoms with Crippen molar-refractivity contribution in [2.75, 3.05) is 0 Å². The van der Waals surface area contributed by atoms with E-state index < -0.39 is 11.8 Å². The number of carbonyl (C=O) groups is 3. The van der Waals surface area contributed by atoms with Crippen LogP contribution in [0, 0.1) is 23.7 Å². The van der Waals surface area contributed by atoms with Crippen molar-refractivity contribution in [3.05, 3.63) is 12.2 Å². The monoisotopic (exact) mass is 247 g/mol. The molecule has 3 aliphatic rings. The Bertz CT molecular complexity index is 434. The first-order valence-corrected chi connectivity index (χ1v) is 6.67. The summed E-state index contributed by atoms with van der Waals surface area (Å²) >= 11 is 0. The molecular formula is C14H17NO3. The Morgan fingerprint density at radius 3 is 2.06 bits per heavy atom. The van der Waals surface area contributed by atoms with E-state index in [1.54, 1.807) is 0 Å². The number of amides is 2. The van der Waals surface area contributed by atoms with Gasteiger partial charge in [-0.1, -0.05) is 25.5 Å². The highest BCUT2D eigenvalue weighted by molar-refractivity contribution is 6.13. The molecule has 4 heteroatoms. The minimum absolute atomic E-state index is 0.0462. The van der Waals surface area contributed by atoms with Crippen LogP contribution in [0.4, 0.5) is 0 Å². The maximum Gasteiger partial charge on any atom is 0.234 e. The number of Topliss-reactive ketones (excluding diaryl/α,β-unsaturated/α-hetero) is 1. The van der Waals surface area contributed by atoms with Crippen LogP contribution < -0.4 is 0 Å². The molecule has 1 aliphatic heterocycles. The fourth-order valence-electron chi connectivity index (χ4n) is 3.72. The molecule has 0 aromatic carbocycles. The third-order valence-corrected chi connectivity index (χ3v) is 4.54. The van der Waals surface area contributed by atoms with Gasteiger partial charge in [-0.3, -0.25) is 19.3 Å². The molecule has 5 atom stereocenters. The van der Waals surface area contributed by atoms with Crippen LogP contribution in [-0.4, -0.2) is 28.5 Å². The number of nitrogens with zero attached hydrogens (tertiary/aromatic N) is 1. The van der Waals surface area contributed by atoms with Crippen molar-refractivity contribution in [1.29, 1.82) is 0 Å². The Morgan fingerprint density at radius 1 is 1.11 bits per heavy atom. The average Bonchev–Trinajstić information content (AvgIpc) is 2.91. The third kappa shape index (κ3) is 1.23. The second-order valence-electron chi connectivity index (χ2n) is 5.57. The Labute approximate surface area is 106 Å².